The highest BCUT2D eigenvalue weighted by atomic mass is 32.2. The Kier molecular flexibility index (Phi) is 9.12. The van der Waals surface area contributed by atoms with E-state index < -0.39 is 40.7 Å². The van der Waals surface area contributed by atoms with Gasteiger partial charge in [0.2, 0.25) is 5.95 Å². The first-order chi connectivity index (χ1) is 17.0. The Morgan fingerprint density at radius 3 is 2.50 bits per heavy atom. The molecule has 0 fully saturated rings. The van der Waals surface area contributed by atoms with Crippen molar-refractivity contribution in [2.75, 3.05) is 12.3 Å². The smallest absolute Gasteiger partial charge is 0.404 e. The highest BCUT2D eigenvalue weighted by Gasteiger charge is 2.31. The topological polar surface area (TPSA) is 114 Å². The first-order valence-corrected chi connectivity index (χ1v) is 12.7. The molecule has 6 nitrogen and oxygen atoms in total. The van der Waals surface area contributed by atoms with Gasteiger partial charge < -0.3 is 21.3 Å². The molecule has 0 spiro atoms. The first-order valence-electron chi connectivity index (χ1n) is 10.6. The van der Waals surface area contributed by atoms with Crippen LogP contribution in [0.4, 0.5) is 17.6 Å². The molecule has 1 heterocycles. The number of rotatable bonds is 10. The molecule has 1 unspecified atom stereocenters. The zero-order valence-electron chi connectivity index (χ0n) is 18.8. The summed E-state index contributed by atoms with van der Waals surface area (Å²) in [6.45, 7) is 4.07. The molecule has 0 amide bonds. The maximum atomic E-state index is 13.5. The van der Waals surface area contributed by atoms with E-state index >= 15 is 0 Å². The van der Waals surface area contributed by atoms with Crippen molar-refractivity contribution in [3.05, 3.63) is 95.2 Å². The van der Waals surface area contributed by atoms with Gasteiger partial charge in [0.25, 0.3) is 0 Å². The third kappa shape index (κ3) is 7.29. The third-order valence-corrected chi connectivity index (χ3v) is 7.02. The van der Waals surface area contributed by atoms with Crippen LogP contribution in [-0.4, -0.2) is 32.1 Å². The standard InChI is InChI=1S/C24H24F4N4O2S2/c1-14(35-22(10-29)16-2-3-17-11-32-23(25)9-18(17)8-16)31-12-21(30)20(13-36(33)34)15-4-6-19(7-5-15)24(26,27)28/h2-11,20-21,31H,1,12-13,29-30H2,(H,33,34)/b22-10-/t20-,21+/m0/s1. The summed E-state index contributed by atoms with van der Waals surface area (Å²) >= 11 is -1.01. The molecule has 192 valence electrons. The second-order valence-corrected chi connectivity index (χ2v) is 10.00. The average Bonchev–Trinajstić information content (AvgIpc) is 2.83. The van der Waals surface area contributed by atoms with Gasteiger partial charge in [-0.05, 0) is 34.7 Å². The maximum Gasteiger partial charge on any atom is 0.416 e. The summed E-state index contributed by atoms with van der Waals surface area (Å²) in [5.74, 6) is -1.53. The molecule has 0 aliphatic heterocycles. The molecular weight excluding hydrogens is 516 g/mol. The Bertz CT molecular complexity index is 1280. The van der Waals surface area contributed by atoms with Crippen molar-refractivity contribution in [2.24, 2.45) is 11.5 Å². The van der Waals surface area contributed by atoms with Crippen molar-refractivity contribution in [3.63, 3.8) is 0 Å². The lowest BCUT2D eigenvalue weighted by molar-refractivity contribution is -0.137. The predicted octanol–water partition coefficient (Wildman–Crippen LogP) is 4.78. The van der Waals surface area contributed by atoms with E-state index in [1.165, 1.54) is 42.4 Å². The minimum Gasteiger partial charge on any atom is -0.404 e. The number of fused-ring (bicyclic) bond motifs is 1. The molecule has 2 aromatic carbocycles. The lowest BCUT2D eigenvalue weighted by atomic mass is 9.93. The quantitative estimate of drug-likeness (QED) is 0.166. The lowest BCUT2D eigenvalue weighted by Gasteiger charge is -2.25. The van der Waals surface area contributed by atoms with Crippen LogP contribution in [0, 0.1) is 5.95 Å². The second kappa shape index (κ2) is 11.9. The SMILES string of the molecule is C=C(NC[C@@H](N)[C@@H](CS(=O)O)c1ccc(C(F)(F)F)cc1)S/C(=C\N)c1ccc2cnc(F)cc2c1. The number of nitrogens with one attached hydrogen (secondary N) is 1. The Balaban J connectivity index is 1.67. The fourth-order valence-electron chi connectivity index (χ4n) is 3.54. The van der Waals surface area contributed by atoms with Crippen LogP contribution in [0.25, 0.3) is 15.7 Å². The van der Waals surface area contributed by atoms with E-state index in [4.69, 9.17) is 11.5 Å². The van der Waals surface area contributed by atoms with Crippen molar-refractivity contribution < 1.29 is 26.3 Å². The normalized spacial score (nSPS) is 14.9. The van der Waals surface area contributed by atoms with E-state index in [9.17, 15) is 26.3 Å². The molecule has 6 N–H and O–H groups in total. The van der Waals surface area contributed by atoms with E-state index in [0.29, 0.717) is 20.9 Å². The molecule has 0 aliphatic rings. The summed E-state index contributed by atoms with van der Waals surface area (Å²) in [6, 6.07) is 10.3. The lowest BCUT2D eigenvalue weighted by Crippen LogP contribution is -2.40. The number of thioether (sulfide) groups is 1. The van der Waals surface area contributed by atoms with Crippen LogP contribution < -0.4 is 16.8 Å². The predicted molar refractivity (Wildman–Crippen MR) is 136 cm³/mol. The van der Waals surface area contributed by atoms with Crippen molar-refractivity contribution >= 4 is 38.5 Å². The number of hydrogen-bond acceptors (Lipinski definition) is 6. The van der Waals surface area contributed by atoms with E-state index in [2.05, 4.69) is 16.9 Å². The van der Waals surface area contributed by atoms with E-state index in [-0.39, 0.29) is 12.3 Å². The minimum absolute atomic E-state index is 0.126. The van der Waals surface area contributed by atoms with Crippen molar-refractivity contribution in [1.29, 1.82) is 0 Å². The summed E-state index contributed by atoms with van der Waals surface area (Å²) in [6.07, 6.45) is -1.67. The number of benzene rings is 2. The zero-order chi connectivity index (χ0) is 26.5. The van der Waals surface area contributed by atoms with Gasteiger partial charge in [-0.2, -0.15) is 17.6 Å². The van der Waals surface area contributed by atoms with Gasteiger partial charge in [-0.1, -0.05) is 42.6 Å². The van der Waals surface area contributed by atoms with Gasteiger partial charge in [0, 0.05) is 47.3 Å². The Labute approximate surface area is 212 Å². The Morgan fingerprint density at radius 2 is 1.89 bits per heavy atom. The number of nitrogens with zero attached hydrogens (tertiary/aromatic N) is 1. The maximum absolute atomic E-state index is 13.5. The van der Waals surface area contributed by atoms with Crippen molar-refractivity contribution in [2.45, 2.75) is 18.1 Å². The van der Waals surface area contributed by atoms with Crippen LogP contribution in [0.2, 0.25) is 0 Å². The number of nitrogens with two attached hydrogens (primary N) is 2. The van der Waals surface area contributed by atoms with Gasteiger partial charge >= 0.3 is 6.18 Å². The van der Waals surface area contributed by atoms with Crippen LogP contribution in [0.15, 0.2) is 72.5 Å². The molecule has 3 aromatic rings. The summed E-state index contributed by atoms with van der Waals surface area (Å²) in [5, 5.41) is 4.92. The monoisotopic (exact) mass is 540 g/mol. The zero-order valence-corrected chi connectivity index (χ0v) is 20.5. The van der Waals surface area contributed by atoms with Crippen LogP contribution in [0.1, 0.15) is 22.6 Å². The molecule has 0 bridgehead atoms. The number of hydrogen-bond donors (Lipinski definition) is 4. The third-order valence-electron chi connectivity index (χ3n) is 5.40. The fraction of sp³-hybridized carbons (Fsp3) is 0.208. The average molecular weight is 541 g/mol. The number of alkyl halides is 3. The number of pyridine rings is 1. The van der Waals surface area contributed by atoms with Crippen molar-refractivity contribution in [3.8, 4) is 0 Å². The molecule has 36 heavy (non-hydrogen) atoms. The second-order valence-electron chi connectivity index (χ2n) is 7.88. The van der Waals surface area contributed by atoms with E-state index in [0.717, 1.165) is 23.1 Å². The molecule has 12 heteroatoms. The molecule has 1 aromatic heterocycles. The van der Waals surface area contributed by atoms with Crippen LogP contribution >= 0.6 is 11.8 Å². The molecular formula is C24H24F4N4O2S2. The fourth-order valence-corrected chi connectivity index (χ4v) is 5.02. The minimum atomic E-state index is -4.49. The summed E-state index contributed by atoms with van der Waals surface area (Å²) in [4.78, 5) is 4.26. The van der Waals surface area contributed by atoms with Gasteiger partial charge in [-0.3, -0.25) is 0 Å². The van der Waals surface area contributed by atoms with Crippen molar-refractivity contribution in [1.82, 2.24) is 10.3 Å². The van der Waals surface area contributed by atoms with Gasteiger partial charge in [0.05, 0.1) is 16.3 Å². The highest BCUT2D eigenvalue weighted by molar-refractivity contribution is 8.11. The van der Waals surface area contributed by atoms with Crippen LogP contribution in [0.5, 0.6) is 0 Å². The Morgan fingerprint density at radius 1 is 1.19 bits per heavy atom. The molecule has 3 rings (SSSR count). The van der Waals surface area contributed by atoms with Gasteiger partial charge in [0.1, 0.15) is 0 Å². The molecule has 0 saturated carbocycles. The highest BCUT2D eigenvalue weighted by Crippen LogP contribution is 2.33. The van der Waals surface area contributed by atoms with Gasteiger partial charge in [-0.25, -0.2) is 9.19 Å². The van der Waals surface area contributed by atoms with E-state index in [1.807, 2.05) is 6.07 Å². The van der Waals surface area contributed by atoms with Crippen LogP contribution in [-0.2, 0) is 17.3 Å². The molecule has 0 radical (unpaired) electrons. The first kappa shape index (κ1) is 27.7. The van der Waals surface area contributed by atoms with Gasteiger partial charge in [-0.15, -0.1) is 0 Å². The van der Waals surface area contributed by atoms with E-state index in [1.54, 1.807) is 12.1 Å². The molecule has 3 atom stereocenters. The Hall–Kier alpha value is -2.93. The summed E-state index contributed by atoms with van der Waals surface area (Å²) < 4.78 is 73.0. The number of aromatic nitrogens is 1. The largest absolute Gasteiger partial charge is 0.416 e. The molecule has 0 saturated heterocycles. The molecule has 0 aliphatic carbocycles. The summed E-state index contributed by atoms with van der Waals surface area (Å²) in [5.41, 5.74) is 12.4. The summed E-state index contributed by atoms with van der Waals surface area (Å²) in [7, 11) is 0. The van der Waals surface area contributed by atoms with Gasteiger partial charge in [0.15, 0.2) is 11.1 Å². The van der Waals surface area contributed by atoms with Crippen LogP contribution in [0.3, 0.4) is 0 Å². The number of halogens is 4.